The minimum absolute atomic E-state index is 0.00354. The number of oxazole rings is 1. The lowest BCUT2D eigenvalue weighted by Crippen LogP contribution is -2.51. The van der Waals surface area contributed by atoms with E-state index in [-0.39, 0.29) is 23.6 Å². The van der Waals surface area contributed by atoms with Crippen LogP contribution in [0.4, 0.5) is 11.7 Å². The molecule has 8 heteroatoms. The molecule has 5 rings (SSSR count). The predicted octanol–water partition coefficient (Wildman–Crippen LogP) is 3.77. The number of piperidine rings is 2. The van der Waals surface area contributed by atoms with Crippen LogP contribution in [0.5, 0.6) is 0 Å². The second kappa shape index (κ2) is 8.93. The number of benzene rings is 2. The molecule has 0 bridgehead atoms. The number of para-hydroxylation sites is 2. The third-order valence-electron chi connectivity index (χ3n) is 7.19. The lowest BCUT2D eigenvalue weighted by atomic mass is 9.72. The van der Waals surface area contributed by atoms with Crippen LogP contribution in [0.2, 0.25) is 0 Å². The zero-order chi connectivity index (χ0) is 23.7. The van der Waals surface area contributed by atoms with Crippen molar-refractivity contribution in [2.75, 3.05) is 23.3 Å². The molecule has 2 saturated heterocycles. The van der Waals surface area contributed by atoms with Gasteiger partial charge in [0.1, 0.15) is 5.52 Å². The molecular weight excluding hydrogens is 432 g/mol. The molecule has 176 valence electrons. The Morgan fingerprint density at radius 2 is 1.88 bits per heavy atom. The zero-order valence-corrected chi connectivity index (χ0v) is 19.2. The van der Waals surface area contributed by atoms with Gasteiger partial charge in [-0.25, -0.2) is 0 Å². The van der Waals surface area contributed by atoms with Crippen LogP contribution in [0.3, 0.4) is 0 Å². The first-order valence-electron chi connectivity index (χ1n) is 11.8. The van der Waals surface area contributed by atoms with Crippen molar-refractivity contribution in [3.8, 4) is 0 Å². The first-order chi connectivity index (χ1) is 16.5. The van der Waals surface area contributed by atoms with Gasteiger partial charge in [0.2, 0.25) is 17.7 Å². The van der Waals surface area contributed by atoms with Crippen LogP contribution in [-0.4, -0.2) is 35.8 Å². The van der Waals surface area contributed by atoms with E-state index < -0.39 is 5.41 Å². The average Bonchev–Trinajstić information content (AvgIpc) is 3.30. The van der Waals surface area contributed by atoms with E-state index in [1.54, 1.807) is 0 Å². The maximum atomic E-state index is 12.9. The molecule has 2 aliphatic heterocycles. The molecule has 2 N–H and O–H groups in total. The number of nitrogens with zero attached hydrogens (tertiary/aromatic N) is 2. The fourth-order valence-electron chi connectivity index (χ4n) is 5.01. The first-order valence-corrected chi connectivity index (χ1v) is 11.8. The van der Waals surface area contributed by atoms with Gasteiger partial charge < -0.3 is 14.6 Å². The van der Waals surface area contributed by atoms with Gasteiger partial charge in [0.25, 0.3) is 6.01 Å². The van der Waals surface area contributed by atoms with Crippen LogP contribution in [0.25, 0.3) is 11.1 Å². The number of carbonyl (C=O) groups is 3. The Hall–Kier alpha value is -3.68. The molecular formula is C26H28N4O4. The van der Waals surface area contributed by atoms with E-state index in [0.29, 0.717) is 44.1 Å². The van der Waals surface area contributed by atoms with E-state index in [1.165, 1.54) is 0 Å². The first kappa shape index (κ1) is 22.1. The van der Waals surface area contributed by atoms with Crippen molar-refractivity contribution in [1.29, 1.82) is 0 Å². The summed E-state index contributed by atoms with van der Waals surface area (Å²) >= 11 is 0. The quantitative estimate of drug-likeness (QED) is 0.562. The summed E-state index contributed by atoms with van der Waals surface area (Å²) in [4.78, 5) is 43.7. The van der Waals surface area contributed by atoms with Gasteiger partial charge >= 0.3 is 0 Å². The van der Waals surface area contributed by atoms with Gasteiger partial charge in [-0.1, -0.05) is 31.2 Å². The summed E-state index contributed by atoms with van der Waals surface area (Å²) in [5.41, 5.74) is 2.47. The van der Waals surface area contributed by atoms with Crippen molar-refractivity contribution >= 4 is 40.5 Å². The van der Waals surface area contributed by atoms with Crippen LogP contribution >= 0.6 is 0 Å². The lowest BCUT2D eigenvalue weighted by Gasteiger charge is -2.35. The van der Waals surface area contributed by atoms with Crippen molar-refractivity contribution in [3.63, 3.8) is 0 Å². The molecule has 0 aliphatic carbocycles. The molecule has 0 spiro atoms. The van der Waals surface area contributed by atoms with Gasteiger partial charge in [0.05, 0.1) is 5.41 Å². The second-order valence-electron chi connectivity index (χ2n) is 9.11. The predicted molar refractivity (Wildman–Crippen MR) is 128 cm³/mol. The van der Waals surface area contributed by atoms with E-state index in [1.807, 2.05) is 55.5 Å². The van der Waals surface area contributed by atoms with E-state index in [2.05, 4.69) is 20.5 Å². The number of hydrogen-bond acceptors (Lipinski definition) is 6. The largest absolute Gasteiger partial charge is 0.423 e. The van der Waals surface area contributed by atoms with E-state index in [0.717, 1.165) is 29.5 Å². The molecule has 8 nitrogen and oxygen atoms in total. The highest BCUT2D eigenvalue weighted by molar-refractivity contribution is 6.03. The SMILES string of the molecule is CCC1(c2ccc(NC(=O)C3CCN(c4nc5ccccc5o4)CC3)cc2)CCC(=O)NC1=O. The number of rotatable bonds is 5. The third-order valence-corrected chi connectivity index (χ3v) is 7.19. The van der Waals surface area contributed by atoms with Gasteiger partial charge in [-0.3, -0.25) is 19.7 Å². The summed E-state index contributed by atoms with van der Waals surface area (Å²) in [5, 5.41) is 5.49. The maximum absolute atomic E-state index is 12.9. The van der Waals surface area contributed by atoms with Gasteiger partial charge in [-0.2, -0.15) is 4.98 Å². The van der Waals surface area contributed by atoms with Crippen molar-refractivity contribution in [2.24, 2.45) is 5.92 Å². The van der Waals surface area contributed by atoms with Gasteiger partial charge in [0.15, 0.2) is 5.58 Å². The second-order valence-corrected chi connectivity index (χ2v) is 9.11. The van der Waals surface area contributed by atoms with Crippen molar-refractivity contribution in [1.82, 2.24) is 10.3 Å². The summed E-state index contributed by atoms with van der Waals surface area (Å²) in [6.45, 7) is 3.37. The molecule has 2 fully saturated rings. The number of imide groups is 1. The molecule has 3 aromatic rings. The molecule has 3 heterocycles. The highest BCUT2D eigenvalue weighted by Gasteiger charge is 2.42. The summed E-state index contributed by atoms with van der Waals surface area (Å²) in [5.74, 6) is -0.553. The summed E-state index contributed by atoms with van der Waals surface area (Å²) in [7, 11) is 0. The lowest BCUT2D eigenvalue weighted by molar-refractivity contribution is -0.138. The van der Waals surface area contributed by atoms with Crippen LogP contribution < -0.4 is 15.5 Å². The highest BCUT2D eigenvalue weighted by atomic mass is 16.4. The number of anilines is 2. The molecule has 3 amide bonds. The summed E-state index contributed by atoms with van der Waals surface area (Å²) < 4.78 is 5.86. The zero-order valence-electron chi connectivity index (χ0n) is 19.2. The van der Waals surface area contributed by atoms with Crippen LogP contribution in [-0.2, 0) is 19.8 Å². The van der Waals surface area contributed by atoms with Crippen LogP contribution in [0.15, 0.2) is 52.9 Å². The van der Waals surface area contributed by atoms with E-state index in [9.17, 15) is 14.4 Å². The smallest absolute Gasteiger partial charge is 0.298 e. The number of carbonyl (C=O) groups excluding carboxylic acids is 3. The monoisotopic (exact) mass is 460 g/mol. The molecule has 0 saturated carbocycles. The summed E-state index contributed by atoms with van der Waals surface area (Å²) in [6.07, 6.45) is 2.88. The fraction of sp³-hybridized carbons (Fsp3) is 0.385. The molecule has 2 aliphatic rings. The minimum atomic E-state index is -0.700. The van der Waals surface area contributed by atoms with E-state index >= 15 is 0 Å². The van der Waals surface area contributed by atoms with Gasteiger partial charge in [0, 0.05) is 31.1 Å². The summed E-state index contributed by atoms with van der Waals surface area (Å²) in [6, 6.07) is 15.7. The standard InChI is InChI=1S/C26H28N4O4/c1-2-26(14-11-22(31)29-24(26)33)18-7-9-19(10-8-18)27-23(32)17-12-15-30(16-13-17)25-28-20-5-3-4-6-21(20)34-25/h3-10,17H,2,11-16H2,1H3,(H,27,32)(H,29,31,33). The number of hydrogen-bond donors (Lipinski definition) is 2. The Morgan fingerprint density at radius 3 is 2.56 bits per heavy atom. The number of nitrogens with one attached hydrogen (secondary N) is 2. The fourth-order valence-corrected chi connectivity index (χ4v) is 5.01. The van der Waals surface area contributed by atoms with Crippen molar-refractivity contribution in [2.45, 2.75) is 44.4 Å². The van der Waals surface area contributed by atoms with Crippen molar-refractivity contribution in [3.05, 3.63) is 54.1 Å². The average molecular weight is 461 g/mol. The molecule has 1 unspecified atom stereocenters. The van der Waals surface area contributed by atoms with Crippen LogP contribution in [0, 0.1) is 5.92 Å². The Balaban J connectivity index is 1.19. The number of fused-ring (bicyclic) bond motifs is 1. The van der Waals surface area contributed by atoms with Gasteiger partial charge in [-0.05, 0) is 55.5 Å². The molecule has 1 atom stereocenters. The Labute approximate surface area is 197 Å². The van der Waals surface area contributed by atoms with E-state index in [4.69, 9.17) is 4.42 Å². The number of amides is 3. The normalized spacial score (nSPS) is 21.5. The Kier molecular flexibility index (Phi) is 5.81. The topological polar surface area (TPSA) is 105 Å². The van der Waals surface area contributed by atoms with Gasteiger partial charge in [-0.15, -0.1) is 0 Å². The number of aromatic nitrogens is 1. The Bertz CT molecular complexity index is 1190. The van der Waals surface area contributed by atoms with Crippen molar-refractivity contribution < 1.29 is 18.8 Å². The third kappa shape index (κ3) is 4.04. The molecule has 0 radical (unpaired) electrons. The minimum Gasteiger partial charge on any atom is -0.423 e. The molecule has 2 aromatic carbocycles. The maximum Gasteiger partial charge on any atom is 0.298 e. The Morgan fingerprint density at radius 1 is 1.15 bits per heavy atom. The molecule has 34 heavy (non-hydrogen) atoms. The van der Waals surface area contributed by atoms with Crippen LogP contribution in [0.1, 0.15) is 44.6 Å². The molecule has 1 aromatic heterocycles. The highest BCUT2D eigenvalue weighted by Crippen LogP contribution is 2.36.